The van der Waals surface area contributed by atoms with E-state index in [0.29, 0.717) is 17.7 Å². The van der Waals surface area contributed by atoms with Crippen LogP contribution in [-0.2, 0) is 4.74 Å². The van der Waals surface area contributed by atoms with Crippen LogP contribution in [0.2, 0.25) is 0 Å². The van der Waals surface area contributed by atoms with Crippen molar-refractivity contribution in [1.29, 1.82) is 0 Å². The van der Waals surface area contributed by atoms with Crippen LogP contribution in [0.4, 0.5) is 5.69 Å². The molecule has 0 atom stereocenters. The number of piperazine rings is 1. The van der Waals surface area contributed by atoms with Crippen LogP contribution in [0.15, 0.2) is 48.5 Å². The van der Waals surface area contributed by atoms with E-state index in [1.807, 2.05) is 12.1 Å². The third-order valence-electron chi connectivity index (χ3n) is 4.90. The van der Waals surface area contributed by atoms with Crippen LogP contribution in [0.1, 0.15) is 27.6 Å². The van der Waals surface area contributed by atoms with E-state index in [1.165, 1.54) is 0 Å². The lowest BCUT2D eigenvalue weighted by atomic mass is 10.0. The van der Waals surface area contributed by atoms with Gasteiger partial charge in [-0.25, -0.2) is 4.79 Å². The number of Topliss-reactive ketones (excluding diaryl/α,β-unsaturated/α-hetero) is 1. The number of hydrogen-bond acceptors (Lipinski definition) is 6. The predicted octanol–water partition coefficient (Wildman–Crippen LogP) is 2.88. The van der Waals surface area contributed by atoms with Crippen molar-refractivity contribution in [2.45, 2.75) is 6.92 Å². The molecular formula is C22H26N2O4. The van der Waals surface area contributed by atoms with Crippen molar-refractivity contribution < 1.29 is 19.1 Å². The highest BCUT2D eigenvalue weighted by atomic mass is 16.5. The molecule has 2 aromatic rings. The summed E-state index contributed by atoms with van der Waals surface area (Å²) in [7, 11) is 1.66. The van der Waals surface area contributed by atoms with Gasteiger partial charge in [0.15, 0.2) is 5.78 Å². The average molecular weight is 382 g/mol. The fourth-order valence-corrected chi connectivity index (χ4v) is 3.36. The summed E-state index contributed by atoms with van der Waals surface area (Å²) >= 11 is 0. The molecule has 28 heavy (non-hydrogen) atoms. The third-order valence-corrected chi connectivity index (χ3v) is 4.90. The summed E-state index contributed by atoms with van der Waals surface area (Å²) in [6.07, 6.45) is 0. The van der Waals surface area contributed by atoms with Gasteiger partial charge in [-0.15, -0.1) is 0 Å². The van der Waals surface area contributed by atoms with Crippen molar-refractivity contribution in [2.75, 3.05) is 51.3 Å². The average Bonchev–Trinajstić information content (AvgIpc) is 2.74. The monoisotopic (exact) mass is 382 g/mol. The molecule has 6 heteroatoms. The van der Waals surface area contributed by atoms with E-state index in [0.717, 1.165) is 37.6 Å². The first-order valence-electron chi connectivity index (χ1n) is 9.53. The summed E-state index contributed by atoms with van der Waals surface area (Å²) < 4.78 is 10.3. The number of ether oxygens (including phenoxy) is 2. The SMILES string of the molecule is CCOC(=O)c1ccccc1C(=O)CN1CCN(c2ccc(OC)cc2)CC1. The smallest absolute Gasteiger partial charge is 0.338 e. The molecule has 1 aliphatic rings. The fourth-order valence-electron chi connectivity index (χ4n) is 3.36. The number of nitrogens with zero attached hydrogens (tertiary/aromatic N) is 2. The van der Waals surface area contributed by atoms with Crippen molar-refractivity contribution >= 4 is 17.4 Å². The molecular weight excluding hydrogens is 356 g/mol. The van der Waals surface area contributed by atoms with Crippen molar-refractivity contribution in [3.63, 3.8) is 0 Å². The number of esters is 1. The molecule has 0 N–H and O–H groups in total. The zero-order valence-corrected chi connectivity index (χ0v) is 16.4. The number of methoxy groups -OCH3 is 1. The number of rotatable bonds is 7. The van der Waals surface area contributed by atoms with Crippen molar-refractivity contribution in [3.8, 4) is 5.75 Å². The van der Waals surface area contributed by atoms with Gasteiger partial charge in [-0.3, -0.25) is 9.69 Å². The lowest BCUT2D eigenvalue weighted by molar-refractivity contribution is 0.0522. The molecule has 0 aliphatic carbocycles. The second kappa shape index (κ2) is 9.37. The number of anilines is 1. The Morgan fingerprint density at radius 1 is 0.929 bits per heavy atom. The normalized spacial score (nSPS) is 14.6. The molecule has 1 heterocycles. The highest BCUT2D eigenvalue weighted by molar-refractivity contribution is 6.07. The maximum Gasteiger partial charge on any atom is 0.338 e. The molecule has 0 radical (unpaired) electrons. The maximum atomic E-state index is 12.8. The Hall–Kier alpha value is -2.86. The molecule has 1 fully saturated rings. The van der Waals surface area contributed by atoms with Gasteiger partial charge < -0.3 is 14.4 Å². The van der Waals surface area contributed by atoms with Gasteiger partial charge in [-0.1, -0.05) is 18.2 Å². The van der Waals surface area contributed by atoms with E-state index in [1.54, 1.807) is 38.3 Å². The molecule has 0 saturated carbocycles. The second-order valence-electron chi connectivity index (χ2n) is 6.65. The topological polar surface area (TPSA) is 59.1 Å². The van der Waals surface area contributed by atoms with Crippen LogP contribution in [-0.4, -0.2) is 63.1 Å². The highest BCUT2D eigenvalue weighted by Crippen LogP contribution is 2.21. The summed E-state index contributed by atoms with van der Waals surface area (Å²) in [6.45, 7) is 5.61. The summed E-state index contributed by atoms with van der Waals surface area (Å²) in [6, 6.07) is 14.9. The van der Waals surface area contributed by atoms with Crippen LogP contribution < -0.4 is 9.64 Å². The number of benzene rings is 2. The number of hydrogen-bond donors (Lipinski definition) is 0. The van der Waals surface area contributed by atoms with Gasteiger partial charge in [-0.2, -0.15) is 0 Å². The van der Waals surface area contributed by atoms with Crippen LogP contribution in [0.25, 0.3) is 0 Å². The lowest BCUT2D eigenvalue weighted by Crippen LogP contribution is -2.48. The number of ketones is 1. The number of carbonyl (C=O) groups is 2. The van der Waals surface area contributed by atoms with Gasteiger partial charge in [0, 0.05) is 37.4 Å². The minimum Gasteiger partial charge on any atom is -0.497 e. The largest absolute Gasteiger partial charge is 0.497 e. The van der Waals surface area contributed by atoms with Gasteiger partial charge >= 0.3 is 5.97 Å². The van der Waals surface area contributed by atoms with Crippen LogP contribution >= 0.6 is 0 Å². The maximum absolute atomic E-state index is 12.8. The summed E-state index contributed by atoms with van der Waals surface area (Å²) in [5, 5.41) is 0. The number of carbonyl (C=O) groups excluding carboxylic acids is 2. The predicted molar refractivity (Wildman–Crippen MR) is 108 cm³/mol. The van der Waals surface area contributed by atoms with Crippen LogP contribution in [0.5, 0.6) is 5.75 Å². The van der Waals surface area contributed by atoms with Gasteiger partial charge in [0.05, 0.1) is 25.8 Å². The Morgan fingerprint density at radius 3 is 2.18 bits per heavy atom. The Morgan fingerprint density at radius 2 is 1.57 bits per heavy atom. The van der Waals surface area contributed by atoms with E-state index in [2.05, 4.69) is 21.9 Å². The van der Waals surface area contributed by atoms with Gasteiger partial charge in [-0.05, 0) is 37.3 Å². The third kappa shape index (κ3) is 4.70. The van der Waals surface area contributed by atoms with E-state index in [9.17, 15) is 9.59 Å². The molecule has 0 spiro atoms. The minimum absolute atomic E-state index is 0.0541. The Labute approximate surface area is 165 Å². The molecule has 1 aliphatic heterocycles. The Balaban J connectivity index is 1.59. The minimum atomic E-state index is -0.448. The first kappa shape index (κ1) is 19.9. The highest BCUT2D eigenvalue weighted by Gasteiger charge is 2.23. The molecule has 6 nitrogen and oxygen atoms in total. The summed E-state index contributed by atoms with van der Waals surface area (Å²) in [5.41, 5.74) is 1.92. The summed E-state index contributed by atoms with van der Waals surface area (Å²) in [4.78, 5) is 29.3. The second-order valence-corrected chi connectivity index (χ2v) is 6.65. The standard InChI is InChI=1S/C22H26N2O4/c1-3-28-22(26)20-7-5-4-6-19(20)21(25)16-23-12-14-24(15-13-23)17-8-10-18(27-2)11-9-17/h4-11H,3,12-16H2,1-2H3. The first-order valence-corrected chi connectivity index (χ1v) is 9.53. The molecule has 2 aromatic carbocycles. The van der Waals surface area contributed by atoms with Crippen LogP contribution in [0, 0.1) is 0 Å². The fraction of sp³-hybridized carbons (Fsp3) is 0.364. The summed E-state index contributed by atoms with van der Waals surface area (Å²) in [5.74, 6) is 0.338. The quantitative estimate of drug-likeness (QED) is 0.542. The molecule has 0 amide bonds. The van der Waals surface area contributed by atoms with Gasteiger partial charge in [0.1, 0.15) is 5.75 Å². The molecule has 0 unspecified atom stereocenters. The molecule has 0 bridgehead atoms. The lowest BCUT2D eigenvalue weighted by Gasteiger charge is -2.35. The van der Waals surface area contributed by atoms with E-state index in [-0.39, 0.29) is 12.4 Å². The van der Waals surface area contributed by atoms with E-state index < -0.39 is 5.97 Å². The molecule has 1 saturated heterocycles. The van der Waals surface area contributed by atoms with Gasteiger partial charge in [0.25, 0.3) is 0 Å². The van der Waals surface area contributed by atoms with Gasteiger partial charge in [0.2, 0.25) is 0 Å². The Kier molecular flexibility index (Phi) is 6.66. The zero-order chi connectivity index (χ0) is 19.9. The van der Waals surface area contributed by atoms with E-state index in [4.69, 9.17) is 9.47 Å². The van der Waals surface area contributed by atoms with E-state index >= 15 is 0 Å². The van der Waals surface area contributed by atoms with Crippen molar-refractivity contribution in [2.24, 2.45) is 0 Å². The van der Waals surface area contributed by atoms with Crippen molar-refractivity contribution in [1.82, 2.24) is 4.90 Å². The van der Waals surface area contributed by atoms with Crippen molar-refractivity contribution in [3.05, 3.63) is 59.7 Å². The molecule has 3 rings (SSSR count). The molecule has 0 aromatic heterocycles. The van der Waals surface area contributed by atoms with Crippen LogP contribution in [0.3, 0.4) is 0 Å². The molecule has 148 valence electrons. The first-order chi connectivity index (χ1) is 13.6. The zero-order valence-electron chi connectivity index (χ0n) is 16.4. The Bertz CT molecular complexity index is 812.